The summed E-state index contributed by atoms with van der Waals surface area (Å²) in [4.78, 5) is 12.8. The predicted molar refractivity (Wildman–Crippen MR) is 91.2 cm³/mol. The van der Waals surface area contributed by atoms with Gasteiger partial charge in [-0.3, -0.25) is 4.79 Å². The highest BCUT2D eigenvalue weighted by atomic mass is 16.3. The quantitative estimate of drug-likeness (QED) is 0.560. The van der Waals surface area contributed by atoms with Crippen LogP contribution in [0.15, 0.2) is 66.9 Å². The van der Waals surface area contributed by atoms with Crippen LogP contribution in [-0.2, 0) is 0 Å². The maximum atomic E-state index is 12.8. The summed E-state index contributed by atoms with van der Waals surface area (Å²) in [6, 6.07) is 19.0. The second kappa shape index (κ2) is 4.99. The highest BCUT2D eigenvalue weighted by Crippen LogP contribution is 2.34. The largest absolute Gasteiger partial charge is 0.505 e. The van der Waals surface area contributed by atoms with Gasteiger partial charge in [-0.05, 0) is 18.4 Å². The van der Waals surface area contributed by atoms with E-state index in [9.17, 15) is 9.90 Å². The number of pyridine rings is 1. The van der Waals surface area contributed by atoms with Crippen molar-refractivity contribution in [3.8, 4) is 5.75 Å². The van der Waals surface area contributed by atoms with Gasteiger partial charge >= 0.3 is 0 Å². The monoisotopic (exact) mass is 301 g/mol. The fourth-order valence-electron chi connectivity index (χ4n) is 3.13. The Morgan fingerprint density at radius 2 is 1.65 bits per heavy atom. The number of aromatic nitrogens is 1. The van der Waals surface area contributed by atoms with Crippen LogP contribution in [0.3, 0.4) is 0 Å². The van der Waals surface area contributed by atoms with Gasteiger partial charge in [-0.1, -0.05) is 54.6 Å². The number of aryl methyl sites for hydroxylation is 1. The van der Waals surface area contributed by atoms with Gasteiger partial charge in [0.15, 0.2) is 0 Å². The number of hydrogen-bond donors (Lipinski definition) is 1. The molecule has 4 rings (SSSR count). The Hall–Kier alpha value is -3.07. The average Bonchev–Trinajstić information content (AvgIpc) is 2.86. The lowest BCUT2D eigenvalue weighted by atomic mass is 10.1. The van der Waals surface area contributed by atoms with Crippen molar-refractivity contribution in [3.63, 3.8) is 0 Å². The third-order valence-corrected chi connectivity index (χ3v) is 4.29. The van der Waals surface area contributed by atoms with E-state index in [4.69, 9.17) is 0 Å². The number of carbonyl (C=O) groups is 1. The Morgan fingerprint density at radius 3 is 2.43 bits per heavy atom. The molecule has 0 saturated carbocycles. The topological polar surface area (TPSA) is 41.7 Å². The lowest BCUT2D eigenvalue weighted by Gasteiger charge is -2.05. The Bertz CT molecular complexity index is 1050. The number of rotatable bonds is 2. The number of nitrogens with zero attached hydrogens (tertiary/aromatic N) is 1. The number of ketones is 1. The van der Waals surface area contributed by atoms with Crippen LogP contribution in [0.1, 0.15) is 21.6 Å². The summed E-state index contributed by atoms with van der Waals surface area (Å²) in [6.45, 7) is 1.85. The molecule has 1 N–H and O–H groups in total. The zero-order valence-electron chi connectivity index (χ0n) is 12.7. The Kier molecular flexibility index (Phi) is 2.95. The van der Waals surface area contributed by atoms with Gasteiger partial charge in [-0.15, -0.1) is 0 Å². The summed E-state index contributed by atoms with van der Waals surface area (Å²) in [7, 11) is 0. The van der Waals surface area contributed by atoms with Gasteiger partial charge in [-0.25, -0.2) is 0 Å². The lowest BCUT2D eigenvalue weighted by Crippen LogP contribution is -2.05. The number of carbonyl (C=O) groups excluding carboxylic acids is 1. The van der Waals surface area contributed by atoms with E-state index in [-0.39, 0.29) is 11.5 Å². The summed E-state index contributed by atoms with van der Waals surface area (Å²) in [5.74, 6) is -0.128. The number of hydrogen-bond acceptors (Lipinski definition) is 2. The first kappa shape index (κ1) is 13.6. The molecule has 0 atom stereocenters. The van der Waals surface area contributed by atoms with Gasteiger partial charge in [0.05, 0.1) is 5.52 Å². The minimum absolute atomic E-state index is 0.0511. The highest BCUT2D eigenvalue weighted by Gasteiger charge is 2.23. The van der Waals surface area contributed by atoms with Crippen LogP contribution >= 0.6 is 0 Å². The van der Waals surface area contributed by atoms with Crippen molar-refractivity contribution in [1.82, 2.24) is 4.40 Å². The zero-order valence-corrected chi connectivity index (χ0v) is 12.7. The fraction of sp³-hybridized carbons (Fsp3) is 0.0500. The molecule has 0 bridgehead atoms. The average molecular weight is 301 g/mol. The van der Waals surface area contributed by atoms with E-state index >= 15 is 0 Å². The van der Waals surface area contributed by atoms with Crippen molar-refractivity contribution < 1.29 is 9.90 Å². The zero-order chi connectivity index (χ0) is 16.0. The highest BCUT2D eigenvalue weighted by molar-refractivity contribution is 6.12. The number of aromatic hydroxyl groups is 1. The van der Waals surface area contributed by atoms with Crippen LogP contribution in [0.25, 0.3) is 16.3 Å². The smallest absolute Gasteiger partial charge is 0.213 e. The first-order valence-electron chi connectivity index (χ1n) is 7.49. The van der Waals surface area contributed by atoms with Crippen molar-refractivity contribution in [1.29, 1.82) is 0 Å². The molecule has 2 aromatic carbocycles. The van der Waals surface area contributed by atoms with E-state index < -0.39 is 0 Å². The molecule has 3 nitrogen and oxygen atoms in total. The molecule has 0 amide bonds. The van der Waals surface area contributed by atoms with E-state index in [0.29, 0.717) is 11.3 Å². The molecule has 0 aliphatic heterocycles. The summed E-state index contributed by atoms with van der Waals surface area (Å²) in [5, 5.41) is 12.7. The van der Waals surface area contributed by atoms with E-state index in [1.54, 1.807) is 16.5 Å². The minimum atomic E-state index is -0.179. The van der Waals surface area contributed by atoms with Crippen LogP contribution in [0.4, 0.5) is 0 Å². The van der Waals surface area contributed by atoms with E-state index in [1.807, 2.05) is 61.7 Å². The first-order chi connectivity index (χ1) is 11.2. The Morgan fingerprint density at radius 1 is 0.957 bits per heavy atom. The summed E-state index contributed by atoms with van der Waals surface area (Å²) in [5.41, 5.74) is 2.48. The first-order valence-corrected chi connectivity index (χ1v) is 7.49. The normalized spacial score (nSPS) is 11.2. The molecule has 0 unspecified atom stereocenters. The third kappa shape index (κ3) is 1.94. The Labute approximate surface area is 133 Å². The summed E-state index contributed by atoms with van der Waals surface area (Å²) < 4.78 is 1.79. The van der Waals surface area contributed by atoms with Gasteiger partial charge in [0.25, 0.3) is 0 Å². The molecule has 0 radical (unpaired) electrons. The summed E-state index contributed by atoms with van der Waals surface area (Å²) >= 11 is 0. The fourth-order valence-corrected chi connectivity index (χ4v) is 3.13. The second-order valence-corrected chi connectivity index (χ2v) is 5.64. The number of benzene rings is 2. The van der Waals surface area contributed by atoms with Crippen molar-refractivity contribution in [2.45, 2.75) is 6.92 Å². The predicted octanol–water partition coefficient (Wildman–Crippen LogP) is 4.34. The van der Waals surface area contributed by atoms with Crippen LogP contribution in [0.2, 0.25) is 0 Å². The molecular formula is C20H15NO2. The molecule has 0 aliphatic rings. The van der Waals surface area contributed by atoms with E-state index in [0.717, 1.165) is 21.9 Å². The molecule has 23 heavy (non-hydrogen) atoms. The molecule has 0 aliphatic carbocycles. The molecular weight excluding hydrogens is 286 g/mol. The second-order valence-electron chi connectivity index (χ2n) is 5.64. The van der Waals surface area contributed by atoms with Crippen molar-refractivity contribution in [2.75, 3.05) is 0 Å². The maximum absolute atomic E-state index is 12.8. The van der Waals surface area contributed by atoms with Crippen molar-refractivity contribution >= 4 is 22.1 Å². The lowest BCUT2D eigenvalue weighted by molar-refractivity contribution is 0.103. The third-order valence-electron chi connectivity index (χ3n) is 4.29. The molecule has 4 aromatic rings. The van der Waals surface area contributed by atoms with Gasteiger partial charge in [0.1, 0.15) is 11.4 Å². The van der Waals surface area contributed by atoms with Gasteiger partial charge in [0.2, 0.25) is 5.78 Å². The number of fused-ring (bicyclic) bond motifs is 3. The Balaban J connectivity index is 2.07. The molecule has 2 heterocycles. The molecule has 0 saturated heterocycles. The van der Waals surface area contributed by atoms with Crippen molar-refractivity contribution in [2.24, 2.45) is 0 Å². The SMILES string of the molecule is Cc1c(O)c(C(=O)c2ccccc2)n2ccc3ccccc3c12. The van der Waals surface area contributed by atoms with Crippen LogP contribution in [-0.4, -0.2) is 15.3 Å². The van der Waals surface area contributed by atoms with Crippen molar-refractivity contribution in [3.05, 3.63) is 83.7 Å². The summed E-state index contributed by atoms with van der Waals surface area (Å²) in [6.07, 6.45) is 1.85. The van der Waals surface area contributed by atoms with Crippen LogP contribution < -0.4 is 0 Å². The minimum Gasteiger partial charge on any atom is -0.505 e. The molecule has 0 fully saturated rings. The standard InChI is InChI=1S/C20H15NO2/c1-13-17-16-10-6-5-7-14(16)11-12-21(17)18(19(13)22)20(23)15-8-3-2-4-9-15/h2-12,22H,1H3. The molecule has 0 spiro atoms. The van der Waals surface area contributed by atoms with E-state index in [1.165, 1.54) is 0 Å². The van der Waals surface area contributed by atoms with E-state index in [2.05, 4.69) is 0 Å². The van der Waals surface area contributed by atoms with Gasteiger partial charge in [-0.2, -0.15) is 0 Å². The molecule has 112 valence electrons. The van der Waals surface area contributed by atoms with Crippen LogP contribution in [0, 0.1) is 6.92 Å². The van der Waals surface area contributed by atoms with Crippen LogP contribution in [0.5, 0.6) is 5.75 Å². The van der Waals surface area contributed by atoms with Gasteiger partial charge < -0.3 is 9.51 Å². The maximum Gasteiger partial charge on any atom is 0.213 e. The molecule has 2 aromatic heterocycles. The molecule has 3 heteroatoms. The van der Waals surface area contributed by atoms with Gasteiger partial charge in [0, 0.05) is 22.7 Å².